The van der Waals surface area contributed by atoms with Crippen molar-refractivity contribution in [1.29, 1.82) is 0 Å². The van der Waals surface area contributed by atoms with Crippen molar-refractivity contribution in [2.75, 3.05) is 0 Å². The van der Waals surface area contributed by atoms with Gasteiger partial charge in [0.1, 0.15) is 0 Å². The maximum atomic E-state index is 12.6. The average molecular weight is 201 g/mol. The van der Waals surface area contributed by atoms with Crippen LogP contribution < -0.4 is 0 Å². The lowest BCUT2D eigenvalue weighted by atomic mass is 10.3. The maximum absolute atomic E-state index is 12.6. The van der Waals surface area contributed by atoms with E-state index in [-0.39, 0.29) is 0 Å². The highest BCUT2D eigenvalue weighted by atomic mass is 28.4. The smallest absolute Gasteiger partial charge is 0.240 e. The molecule has 0 saturated carbocycles. The molecule has 0 aromatic rings. The summed E-state index contributed by atoms with van der Waals surface area (Å²) < 4.78 is 0. The summed E-state index contributed by atoms with van der Waals surface area (Å²) in [5.74, 6) is 1.15. The van der Waals surface area contributed by atoms with Crippen molar-refractivity contribution >= 4 is 8.32 Å². The van der Waals surface area contributed by atoms with Crippen LogP contribution in [0.25, 0.3) is 0 Å². The second-order valence-corrected chi connectivity index (χ2v) is 9.52. The first kappa shape index (κ1) is 13.2. The molecule has 1 radical (unpaired) electrons. The molecule has 0 aliphatic carbocycles. The molecule has 79 valence electrons. The molecule has 0 amide bonds. The predicted octanol–water partition coefficient (Wildman–Crippen LogP) is 4.08. The monoisotopic (exact) mass is 201 g/mol. The molecule has 0 rings (SSSR count). The first-order chi connectivity index (χ1) is 5.78. The SMILES string of the molecule is CC(C)C[Si]([O])(CC(C)C)C(C)C. The normalized spacial score (nSPS) is 13.4. The Balaban J connectivity index is 4.34. The number of hydrogen-bond donors (Lipinski definition) is 0. The van der Waals surface area contributed by atoms with Crippen molar-refractivity contribution in [3.05, 3.63) is 0 Å². The Morgan fingerprint density at radius 3 is 1.31 bits per heavy atom. The van der Waals surface area contributed by atoms with Gasteiger partial charge in [0, 0.05) is 0 Å². The van der Waals surface area contributed by atoms with Crippen LogP contribution in [0.2, 0.25) is 17.6 Å². The Kier molecular flexibility index (Phi) is 5.23. The Morgan fingerprint density at radius 1 is 0.846 bits per heavy atom. The molecule has 2 heteroatoms. The van der Waals surface area contributed by atoms with E-state index in [0.717, 1.165) is 12.1 Å². The molecule has 13 heavy (non-hydrogen) atoms. The molecule has 0 aromatic heterocycles. The van der Waals surface area contributed by atoms with Gasteiger partial charge in [0.2, 0.25) is 8.32 Å². The lowest BCUT2D eigenvalue weighted by Gasteiger charge is -2.29. The fourth-order valence-electron chi connectivity index (χ4n) is 1.94. The quantitative estimate of drug-likeness (QED) is 0.597. The Labute approximate surface area is 84.7 Å². The van der Waals surface area contributed by atoms with Crippen LogP contribution in [0, 0.1) is 11.8 Å². The molecular weight excluding hydrogens is 176 g/mol. The standard InChI is InChI=1S/C11H25OSi/c1-9(2)7-13(12,11(5)6)8-10(3)4/h9-11H,7-8H2,1-6H3. The summed E-state index contributed by atoms with van der Waals surface area (Å²) in [5.41, 5.74) is 0.386. The molecule has 1 nitrogen and oxygen atoms in total. The molecule has 0 aromatic carbocycles. The van der Waals surface area contributed by atoms with Crippen LogP contribution in [0.5, 0.6) is 0 Å². The largest absolute Gasteiger partial charge is 0.297 e. The topological polar surface area (TPSA) is 19.9 Å². The zero-order chi connectivity index (χ0) is 10.6. The molecule has 0 unspecified atom stereocenters. The number of rotatable bonds is 5. The first-order valence-electron chi connectivity index (χ1n) is 5.48. The highest BCUT2D eigenvalue weighted by molar-refractivity contribution is 6.73. The van der Waals surface area contributed by atoms with Gasteiger partial charge in [0.25, 0.3) is 0 Å². The molecule has 0 saturated heterocycles. The second-order valence-electron chi connectivity index (χ2n) is 5.42. The minimum absolute atomic E-state index is 0.386. The van der Waals surface area contributed by atoms with Gasteiger partial charge in [-0.1, -0.05) is 41.5 Å². The Morgan fingerprint density at radius 2 is 1.15 bits per heavy atom. The van der Waals surface area contributed by atoms with E-state index in [1.54, 1.807) is 0 Å². The van der Waals surface area contributed by atoms with Crippen molar-refractivity contribution in [3.8, 4) is 0 Å². The lowest BCUT2D eigenvalue weighted by Crippen LogP contribution is -2.39. The van der Waals surface area contributed by atoms with Crippen LogP contribution in [-0.2, 0) is 4.80 Å². The number of hydrogen-bond acceptors (Lipinski definition) is 0. The third-order valence-electron chi connectivity index (χ3n) is 2.56. The van der Waals surface area contributed by atoms with Crippen molar-refractivity contribution in [1.82, 2.24) is 0 Å². The van der Waals surface area contributed by atoms with E-state index in [0.29, 0.717) is 17.4 Å². The van der Waals surface area contributed by atoms with Crippen LogP contribution in [0.4, 0.5) is 0 Å². The predicted molar refractivity (Wildman–Crippen MR) is 60.8 cm³/mol. The van der Waals surface area contributed by atoms with E-state index in [9.17, 15) is 4.80 Å². The van der Waals surface area contributed by atoms with Gasteiger partial charge in [-0.25, -0.2) is 0 Å². The molecule has 0 heterocycles. The van der Waals surface area contributed by atoms with Crippen molar-refractivity contribution in [2.24, 2.45) is 11.8 Å². The summed E-state index contributed by atoms with van der Waals surface area (Å²) in [6.45, 7) is 12.9. The summed E-state index contributed by atoms with van der Waals surface area (Å²) in [6.07, 6.45) is 0. The molecule has 0 aliphatic rings. The molecule has 0 aliphatic heterocycles. The van der Waals surface area contributed by atoms with Crippen molar-refractivity contribution in [3.63, 3.8) is 0 Å². The van der Waals surface area contributed by atoms with Crippen LogP contribution in [0.1, 0.15) is 41.5 Å². The minimum atomic E-state index is -2.20. The summed E-state index contributed by atoms with van der Waals surface area (Å²) in [7, 11) is -2.20. The average Bonchev–Trinajstić information content (AvgIpc) is 1.82. The van der Waals surface area contributed by atoms with Crippen LogP contribution >= 0.6 is 0 Å². The lowest BCUT2D eigenvalue weighted by molar-refractivity contribution is 0.379. The van der Waals surface area contributed by atoms with Gasteiger partial charge in [0.15, 0.2) is 0 Å². The van der Waals surface area contributed by atoms with Gasteiger partial charge < -0.3 is 0 Å². The summed E-state index contributed by atoms with van der Waals surface area (Å²) in [6, 6.07) is 1.89. The van der Waals surface area contributed by atoms with Gasteiger partial charge in [-0.2, -0.15) is 0 Å². The van der Waals surface area contributed by atoms with E-state index in [2.05, 4.69) is 41.5 Å². The fourth-order valence-corrected chi connectivity index (χ4v) is 5.81. The van der Waals surface area contributed by atoms with Gasteiger partial charge in [-0.15, -0.1) is 0 Å². The Hall–Kier alpha value is 0.177. The van der Waals surface area contributed by atoms with Crippen molar-refractivity contribution < 1.29 is 4.80 Å². The third kappa shape index (κ3) is 4.82. The summed E-state index contributed by atoms with van der Waals surface area (Å²) in [4.78, 5) is 12.6. The van der Waals surface area contributed by atoms with E-state index < -0.39 is 8.32 Å². The second kappa shape index (κ2) is 5.16. The van der Waals surface area contributed by atoms with E-state index in [1.807, 2.05) is 0 Å². The third-order valence-corrected chi connectivity index (χ3v) is 7.68. The van der Waals surface area contributed by atoms with Gasteiger partial charge in [-0.05, 0) is 29.5 Å². The molecule has 0 spiro atoms. The van der Waals surface area contributed by atoms with E-state index >= 15 is 0 Å². The Bertz CT molecular complexity index is 131. The summed E-state index contributed by atoms with van der Waals surface area (Å²) >= 11 is 0. The zero-order valence-corrected chi connectivity index (χ0v) is 11.1. The first-order valence-corrected chi connectivity index (χ1v) is 7.88. The molecule has 0 N–H and O–H groups in total. The minimum Gasteiger partial charge on any atom is -0.297 e. The van der Waals surface area contributed by atoms with Crippen molar-refractivity contribution in [2.45, 2.75) is 59.2 Å². The van der Waals surface area contributed by atoms with Gasteiger partial charge >= 0.3 is 0 Å². The van der Waals surface area contributed by atoms with Crippen LogP contribution in [0.15, 0.2) is 0 Å². The molecule has 0 atom stereocenters. The van der Waals surface area contributed by atoms with Crippen LogP contribution in [0.3, 0.4) is 0 Å². The summed E-state index contributed by atoms with van der Waals surface area (Å²) in [5, 5.41) is 0. The maximum Gasteiger partial charge on any atom is 0.240 e. The molecule has 0 fully saturated rings. The van der Waals surface area contributed by atoms with E-state index in [1.165, 1.54) is 0 Å². The highest BCUT2D eigenvalue weighted by Crippen LogP contribution is 2.32. The van der Waals surface area contributed by atoms with Gasteiger partial charge in [-0.3, -0.25) is 4.80 Å². The molecule has 0 bridgehead atoms. The highest BCUT2D eigenvalue weighted by Gasteiger charge is 2.38. The van der Waals surface area contributed by atoms with Gasteiger partial charge in [0.05, 0.1) is 0 Å². The van der Waals surface area contributed by atoms with E-state index in [4.69, 9.17) is 0 Å². The molecular formula is C11H25OSi. The van der Waals surface area contributed by atoms with Crippen LogP contribution in [-0.4, -0.2) is 8.32 Å². The zero-order valence-electron chi connectivity index (χ0n) is 10.1. The fraction of sp³-hybridized carbons (Fsp3) is 1.00.